The predicted octanol–water partition coefficient (Wildman–Crippen LogP) is 4.37. The van der Waals surface area contributed by atoms with E-state index in [-0.39, 0.29) is 5.38 Å². The van der Waals surface area contributed by atoms with E-state index < -0.39 is 0 Å². The molecule has 0 aliphatic heterocycles. The molecule has 0 saturated carbocycles. The van der Waals surface area contributed by atoms with Gasteiger partial charge in [-0.05, 0) is 24.6 Å². The summed E-state index contributed by atoms with van der Waals surface area (Å²) in [5.41, 5.74) is 2.73. The Bertz CT molecular complexity index is 486. The highest BCUT2D eigenvalue weighted by Gasteiger charge is 2.16. The molecule has 3 heteroatoms. The molecule has 1 nitrogen and oxygen atoms in total. The molecule has 0 heterocycles. The molecule has 0 spiro atoms. The van der Waals surface area contributed by atoms with Crippen molar-refractivity contribution in [2.75, 3.05) is 0 Å². The third kappa shape index (κ3) is 2.37. The highest BCUT2D eigenvalue weighted by molar-refractivity contribution is 6.50. The SMILES string of the molecule is Cc1ccccc1N=C1C(Cl)=CC=CC1Cl. The van der Waals surface area contributed by atoms with Crippen LogP contribution in [0.4, 0.5) is 5.69 Å². The molecule has 1 atom stereocenters. The van der Waals surface area contributed by atoms with E-state index in [2.05, 4.69) is 4.99 Å². The van der Waals surface area contributed by atoms with E-state index in [1.807, 2.05) is 43.3 Å². The van der Waals surface area contributed by atoms with Crippen molar-refractivity contribution in [2.24, 2.45) is 4.99 Å². The molecule has 1 unspecified atom stereocenters. The van der Waals surface area contributed by atoms with Crippen LogP contribution in [0.2, 0.25) is 0 Å². The minimum atomic E-state index is -0.253. The smallest absolute Gasteiger partial charge is 0.0956 e. The van der Waals surface area contributed by atoms with E-state index in [0.717, 1.165) is 11.3 Å². The van der Waals surface area contributed by atoms with Crippen LogP contribution in [0.3, 0.4) is 0 Å². The largest absolute Gasteiger partial charge is 0.250 e. The lowest BCUT2D eigenvalue weighted by molar-refractivity contribution is 1.35. The highest BCUT2D eigenvalue weighted by Crippen LogP contribution is 2.24. The molecule has 16 heavy (non-hydrogen) atoms. The zero-order valence-electron chi connectivity index (χ0n) is 8.82. The summed E-state index contributed by atoms with van der Waals surface area (Å²) in [5, 5.41) is 0.350. The van der Waals surface area contributed by atoms with Crippen molar-refractivity contribution in [1.82, 2.24) is 0 Å². The molecule has 1 aliphatic carbocycles. The second kappa shape index (κ2) is 4.86. The first-order chi connectivity index (χ1) is 7.68. The van der Waals surface area contributed by atoms with E-state index in [4.69, 9.17) is 23.2 Å². The normalized spacial score (nSPS) is 22.3. The lowest BCUT2D eigenvalue weighted by Gasteiger charge is -2.12. The van der Waals surface area contributed by atoms with Crippen LogP contribution in [0.1, 0.15) is 5.56 Å². The maximum Gasteiger partial charge on any atom is 0.0956 e. The van der Waals surface area contributed by atoms with Crippen LogP contribution in [0.5, 0.6) is 0 Å². The van der Waals surface area contributed by atoms with Crippen LogP contribution in [0, 0.1) is 6.92 Å². The molecule has 0 bridgehead atoms. The van der Waals surface area contributed by atoms with Gasteiger partial charge in [0.1, 0.15) is 0 Å². The molecule has 1 aromatic rings. The fraction of sp³-hybridized carbons (Fsp3) is 0.154. The summed E-state index contributed by atoms with van der Waals surface area (Å²) in [5.74, 6) is 0. The average Bonchev–Trinajstić information content (AvgIpc) is 2.26. The second-order valence-corrected chi connectivity index (χ2v) is 4.46. The number of hydrogen-bond acceptors (Lipinski definition) is 1. The quantitative estimate of drug-likeness (QED) is 0.658. The Morgan fingerprint density at radius 2 is 2.00 bits per heavy atom. The first-order valence-electron chi connectivity index (χ1n) is 5.01. The fourth-order valence-electron chi connectivity index (χ4n) is 1.48. The molecule has 0 saturated heterocycles. The third-order valence-corrected chi connectivity index (χ3v) is 3.06. The molecule has 1 aliphatic rings. The van der Waals surface area contributed by atoms with Crippen LogP contribution in [-0.2, 0) is 0 Å². The predicted molar refractivity (Wildman–Crippen MR) is 71.0 cm³/mol. The monoisotopic (exact) mass is 251 g/mol. The zero-order valence-corrected chi connectivity index (χ0v) is 10.3. The Morgan fingerprint density at radius 1 is 1.25 bits per heavy atom. The van der Waals surface area contributed by atoms with Crippen LogP contribution < -0.4 is 0 Å². The summed E-state index contributed by atoms with van der Waals surface area (Å²) in [6.07, 6.45) is 5.51. The van der Waals surface area contributed by atoms with Gasteiger partial charge in [0, 0.05) is 0 Å². The topological polar surface area (TPSA) is 12.4 Å². The zero-order chi connectivity index (χ0) is 11.5. The van der Waals surface area contributed by atoms with Crippen molar-refractivity contribution in [3.05, 3.63) is 53.1 Å². The third-order valence-electron chi connectivity index (χ3n) is 2.38. The molecule has 82 valence electrons. The van der Waals surface area contributed by atoms with E-state index in [1.165, 1.54) is 0 Å². The first-order valence-corrected chi connectivity index (χ1v) is 5.82. The molecule has 0 radical (unpaired) electrons. The summed E-state index contributed by atoms with van der Waals surface area (Å²) in [6, 6.07) is 7.90. The highest BCUT2D eigenvalue weighted by atomic mass is 35.5. The number of alkyl halides is 1. The Hall–Kier alpha value is -1.05. The second-order valence-electron chi connectivity index (χ2n) is 3.58. The Labute approximate surface area is 105 Å². The van der Waals surface area contributed by atoms with Gasteiger partial charge in [-0.15, -0.1) is 11.6 Å². The first kappa shape index (κ1) is 11.4. The van der Waals surface area contributed by atoms with E-state index in [9.17, 15) is 0 Å². The molecule has 0 N–H and O–H groups in total. The van der Waals surface area contributed by atoms with Gasteiger partial charge in [0.2, 0.25) is 0 Å². The lowest BCUT2D eigenvalue weighted by atomic mass is 10.1. The van der Waals surface area contributed by atoms with Crippen molar-refractivity contribution in [2.45, 2.75) is 12.3 Å². The number of allylic oxidation sites excluding steroid dienone is 4. The number of benzene rings is 1. The van der Waals surface area contributed by atoms with Crippen molar-refractivity contribution in [3.8, 4) is 0 Å². The van der Waals surface area contributed by atoms with Gasteiger partial charge in [0.05, 0.1) is 21.8 Å². The van der Waals surface area contributed by atoms with Crippen molar-refractivity contribution >= 4 is 34.6 Å². The maximum absolute atomic E-state index is 6.14. The van der Waals surface area contributed by atoms with Crippen molar-refractivity contribution in [3.63, 3.8) is 0 Å². The summed E-state index contributed by atoms with van der Waals surface area (Å²) in [6.45, 7) is 2.01. The number of halogens is 2. The van der Waals surface area contributed by atoms with Crippen molar-refractivity contribution in [1.29, 1.82) is 0 Å². The summed E-state index contributed by atoms with van der Waals surface area (Å²) >= 11 is 12.2. The Kier molecular flexibility index (Phi) is 3.47. The number of aliphatic imine (C=N–C) groups is 1. The molecular weight excluding hydrogens is 241 g/mol. The van der Waals surface area contributed by atoms with Crippen LogP contribution in [-0.4, -0.2) is 11.1 Å². The van der Waals surface area contributed by atoms with Gasteiger partial charge in [-0.3, -0.25) is 0 Å². The number of rotatable bonds is 1. The average molecular weight is 252 g/mol. The molecule has 0 fully saturated rings. The number of aryl methyl sites for hydroxylation is 1. The minimum absolute atomic E-state index is 0.253. The number of nitrogens with zero attached hydrogens (tertiary/aromatic N) is 1. The van der Waals surface area contributed by atoms with Crippen LogP contribution in [0.15, 0.2) is 52.5 Å². The van der Waals surface area contributed by atoms with Crippen LogP contribution in [0.25, 0.3) is 0 Å². The summed E-state index contributed by atoms with van der Waals surface area (Å²) in [7, 11) is 0. The fourth-order valence-corrected chi connectivity index (χ4v) is 2.02. The van der Waals surface area contributed by atoms with Gasteiger partial charge >= 0.3 is 0 Å². The number of hydrogen-bond donors (Lipinski definition) is 0. The van der Waals surface area contributed by atoms with E-state index in [1.54, 1.807) is 6.08 Å². The minimum Gasteiger partial charge on any atom is -0.250 e. The van der Waals surface area contributed by atoms with Gasteiger partial charge in [0.15, 0.2) is 0 Å². The van der Waals surface area contributed by atoms with Crippen molar-refractivity contribution < 1.29 is 0 Å². The van der Waals surface area contributed by atoms with Gasteiger partial charge in [0.25, 0.3) is 0 Å². The van der Waals surface area contributed by atoms with Gasteiger partial charge in [-0.25, -0.2) is 4.99 Å². The molecule has 0 aromatic heterocycles. The van der Waals surface area contributed by atoms with Gasteiger partial charge in [-0.2, -0.15) is 0 Å². The maximum atomic E-state index is 6.14. The van der Waals surface area contributed by atoms with Crippen LogP contribution >= 0.6 is 23.2 Å². The van der Waals surface area contributed by atoms with E-state index >= 15 is 0 Å². The Morgan fingerprint density at radius 3 is 2.69 bits per heavy atom. The van der Waals surface area contributed by atoms with E-state index in [0.29, 0.717) is 10.7 Å². The Balaban J connectivity index is 2.41. The van der Waals surface area contributed by atoms with Gasteiger partial charge in [-0.1, -0.05) is 42.0 Å². The molecule has 1 aromatic carbocycles. The standard InChI is InChI=1S/C13H11Cl2N/c1-9-5-2-3-8-12(9)16-13-10(14)6-4-7-11(13)15/h2-8,10H,1H3. The molecular formula is C13H11Cl2N. The molecule has 0 amide bonds. The summed E-state index contributed by atoms with van der Waals surface area (Å²) in [4.78, 5) is 4.51. The number of para-hydroxylation sites is 1. The van der Waals surface area contributed by atoms with Gasteiger partial charge < -0.3 is 0 Å². The molecule has 2 rings (SSSR count). The summed E-state index contributed by atoms with van der Waals surface area (Å²) < 4.78 is 0. The lowest BCUT2D eigenvalue weighted by Crippen LogP contribution is -2.14.